The molecule has 0 radical (unpaired) electrons. The van der Waals surface area contributed by atoms with Crippen LogP contribution in [0, 0.1) is 12.3 Å². The van der Waals surface area contributed by atoms with Crippen molar-refractivity contribution >= 4 is 17.5 Å². The summed E-state index contributed by atoms with van der Waals surface area (Å²) in [5, 5.41) is 9.95. The second-order valence-corrected chi connectivity index (χ2v) is 6.71. The number of terminal acetylenes is 1. The highest BCUT2D eigenvalue weighted by Crippen LogP contribution is 2.33. The zero-order valence-corrected chi connectivity index (χ0v) is 15.6. The van der Waals surface area contributed by atoms with Gasteiger partial charge in [0.2, 0.25) is 5.91 Å². The molecule has 0 saturated carbocycles. The number of phenols is 1. The predicted molar refractivity (Wildman–Crippen MR) is 100.0 cm³/mol. The Balaban J connectivity index is 2.44. The Labute approximate surface area is 165 Å². The van der Waals surface area contributed by atoms with Crippen LogP contribution >= 0.6 is 0 Å². The summed E-state index contributed by atoms with van der Waals surface area (Å²) in [6, 6.07) is 5.08. The van der Waals surface area contributed by atoms with Crippen LogP contribution in [0.1, 0.15) is 35.5 Å². The van der Waals surface area contributed by atoms with E-state index in [2.05, 4.69) is 10.9 Å². The summed E-state index contributed by atoms with van der Waals surface area (Å²) >= 11 is 0. The van der Waals surface area contributed by atoms with Gasteiger partial charge in [-0.15, -0.1) is 6.42 Å². The smallest absolute Gasteiger partial charge is 0.416 e. The van der Waals surface area contributed by atoms with E-state index in [4.69, 9.17) is 12.2 Å². The molecule has 2 rings (SSSR count). The molecule has 0 atom stereocenters. The lowest BCUT2D eigenvalue weighted by atomic mass is 10.00. The number of aromatic nitrogens is 1. The number of hydrogen-bond acceptors (Lipinski definition) is 4. The number of carbonyl (C=O) groups is 2. The summed E-state index contributed by atoms with van der Waals surface area (Å²) in [6.45, 7) is 3.14. The van der Waals surface area contributed by atoms with E-state index in [9.17, 15) is 27.9 Å². The molecule has 0 aliphatic rings. The van der Waals surface area contributed by atoms with Crippen LogP contribution in [0.4, 0.5) is 18.9 Å². The lowest BCUT2D eigenvalue weighted by molar-refractivity contribution is -0.137. The third kappa shape index (κ3) is 4.85. The number of hydrogen-bond donors (Lipinski definition) is 2. The first-order chi connectivity index (χ1) is 13.4. The number of nitrogens with two attached hydrogens (primary N) is 1. The number of benzene rings is 1. The molecule has 9 heteroatoms. The van der Waals surface area contributed by atoms with E-state index < -0.39 is 41.3 Å². The fraction of sp³-hybridized carbons (Fsp3) is 0.250. The highest BCUT2D eigenvalue weighted by Gasteiger charge is 2.33. The molecule has 0 fully saturated rings. The monoisotopic (exact) mass is 405 g/mol. The number of nitrogens with zero attached hydrogens (tertiary/aromatic N) is 2. The SMILES string of the molecule is C#CC(C)(C)N(C(=O)Cc1ccc(C(F)(F)F)cc1O)c1ccnc(C(N)=O)c1. The average Bonchev–Trinajstić information content (AvgIpc) is 2.62. The van der Waals surface area contributed by atoms with E-state index in [1.807, 2.05) is 0 Å². The molecule has 0 aliphatic carbocycles. The zero-order valence-electron chi connectivity index (χ0n) is 15.6. The Morgan fingerprint density at radius 1 is 1.24 bits per heavy atom. The van der Waals surface area contributed by atoms with Gasteiger partial charge in [-0.3, -0.25) is 19.5 Å². The van der Waals surface area contributed by atoms with Gasteiger partial charge in [0, 0.05) is 17.4 Å². The summed E-state index contributed by atoms with van der Waals surface area (Å²) in [6.07, 6.45) is 1.77. The third-order valence-corrected chi connectivity index (χ3v) is 4.17. The van der Waals surface area contributed by atoms with Crippen molar-refractivity contribution < 1.29 is 27.9 Å². The van der Waals surface area contributed by atoms with E-state index in [-0.39, 0.29) is 16.9 Å². The van der Waals surface area contributed by atoms with Crippen molar-refractivity contribution in [3.8, 4) is 18.1 Å². The average molecular weight is 405 g/mol. The number of amides is 2. The number of pyridine rings is 1. The van der Waals surface area contributed by atoms with Crippen molar-refractivity contribution in [1.29, 1.82) is 0 Å². The fourth-order valence-corrected chi connectivity index (χ4v) is 2.67. The van der Waals surface area contributed by atoms with Gasteiger partial charge < -0.3 is 10.8 Å². The Bertz CT molecular complexity index is 994. The minimum absolute atomic E-state index is 0.00926. The topological polar surface area (TPSA) is 96.5 Å². The van der Waals surface area contributed by atoms with Gasteiger partial charge in [-0.1, -0.05) is 12.0 Å². The molecule has 0 bridgehead atoms. The first kappa shape index (κ1) is 21.8. The van der Waals surface area contributed by atoms with Crippen LogP contribution in [0.2, 0.25) is 0 Å². The van der Waals surface area contributed by atoms with Crippen LogP contribution in [0.5, 0.6) is 5.75 Å². The van der Waals surface area contributed by atoms with Crippen molar-refractivity contribution in [3.63, 3.8) is 0 Å². The van der Waals surface area contributed by atoms with Crippen molar-refractivity contribution in [3.05, 3.63) is 53.3 Å². The molecule has 0 unspecified atom stereocenters. The molecule has 29 heavy (non-hydrogen) atoms. The predicted octanol–water partition coefficient (Wildman–Crippen LogP) is 2.89. The zero-order chi connectivity index (χ0) is 22.0. The van der Waals surface area contributed by atoms with E-state index in [1.54, 1.807) is 13.8 Å². The number of primary amides is 1. The Kier molecular flexibility index (Phi) is 5.88. The molecule has 0 aliphatic heterocycles. The van der Waals surface area contributed by atoms with Gasteiger partial charge >= 0.3 is 6.18 Å². The summed E-state index contributed by atoms with van der Waals surface area (Å²) < 4.78 is 38.3. The van der Waals surface area contributed by atoms with Crippen LogP contribution < -0.4 is 10.6 Å². The number of aromatic hydroxyl groups is 1. The molecule has 1 heterocycles. The fourth-order valence-electron chi connectivity index (χ4n) is 2.67. The van der Waals surface area contributed by atoms with Gasteiger partial charge in [0.15, 0.2) is 0 Å². The molecule has 0 spiro atoms. The van der Waals surface area contributed by atoms with E-state index in [0.717, 1.165) is 12.1 Å². The largest absolute Gasteiger partial charge is 0.508 e. The maximum absolute atomic E-state index is 13.0. The lowest BCUT2D eigenvalue weighted by Gasteiger charge is -2.35. The van der Waals surface area contributed by atoms with Crippen molar-refractivity contribution in [1.82, 2.24) is 4.98 Å². The molecular formula is C20H18F3N3O3. The first-order valence-electron chi connectivity index (χ1n) is 8.32. The number of anilines is 1. The molecule has 2 amide bonds. The van der Waals surface area contributed by atoms with Gasteiger partial charge in [-0.05, 0) is 38.1 Å². The second-order valence-electron chi connectivity index (χ2n) is 6.71. The molecule has 6 nitrogen and oxygen atoms in total. The van der Waals surface area contributed by atoms with Crippen LogP contribution in [0.25, 0.3) is 0 Å². The van der Waals surface area contributed by atoms with Crippen molar-refractivity contribution in [2.75, 3.05) is 4.90 Å². The van der Waals surface area contributed by atoms with E-state index in [0.29, 0.717) is 6.07 Å². The molecule has 2 aromatic rings. The summed E-state index contributed by atoms with van der Waals surface area (Å²) in [5.41, 5.74) is 3.16. The summed E-state index contributed by atoms with van der Waals surface area (Å²) in [5.74, 6) is 0.375. The third-order valence-electron chi connectivity index (χ3n) is 4.17. The number of phenolic OH excluding ortho intramolecular Hbond substituents is 1. The van der Waals surface area contributed by atoms with Crippen LogP contribution in [0.3, 0.4) is 0 Å². The minimum atomic E-state index is -4.63. The van der Waals surface area contributed by atoms with Crippen LogP contribution in [0.15, 0.2) is 36.5 Å². The number of halogens is 3. The number of alkyl halides is 3. The molecular weight excluding hydrogens is 387 g/mol. The molecule has 3 N–H and O–H groups in total. The van der Waals surface area contributed by atoms with Gasteiger partial charge in [0.05, 0.1) is 12.0 Å². The van der Waals surface area contributed by atoms with Crippen LogP contribution in [-0.4, -0.2) is 27.4 Å². The van der Waals surface area contributed by atoms with Gasteiger partial charge in [0.1, 0.15) is 17.0 Å². The maximum atomic E-state index is 13.0. The summed E-state index contributed by atoms with van der Waals surface area (Å²) in [7, 11) is 0. The molecule has 152 valence electrons. The van der Waals surface area contributed by atoms with Gasteiger partial charge in [0.25, 0.3) is 5.91 Å². The van der Waals surface area contributed by atoms with Crippen molar-refractivity contribution in [2.24, 2.45) is 5.73 Å². The Morgan fingerprint density at radius 3 is 2.41 bits per heavy atom. The number of rotatable bonds is 5. The highest BCUT2D eigenvalue weighted by molar-refractivity contribution is 5.98. The van der Waals surface area contributed by atoms with Crippen LogP contribution in [-0.2, 0) is 17.4 Å². The first-order valence-corrected chi connectivity index (χ1v) is 8.32. The summed E-state index contributed by atoms with van der Waals surface area (Å²) in [4.78, 5) is 29.4. The Hall–Kier alpha value is -3.54. The lowest BCUT2D eigenvalue weighted by Crippen LogP contribution is -2.48. The quantitative estimate of drug-likeness (QED) is 0.748. The molecule has 1 aromatic heterocycles. The number of carbonyl (C=O) groups excluding carboxylic acids is 2. The van der Waals surface area contributed by atoms with Crippen molar-refractivity contribution in [2.45, 2.75) is 32.0 Å². The highest BCUT2D eigenvalue weighted by atomic mass is 19.4. The minimum Gasteiger partial charge on any atom is -0.508 e. The van der Waals surface area contributed by atoms with Gasteiger partial charge in [-0.25, -0.2) is 0 Å². The second kappa shape index (κ2) is 7.83. The maximum Gasteiger partial charge on any atom is 0.416 e. The molecule has 0 saturated heterocycles. The normalized spacial score (nSPS) is 11.6. The Morgan fingerprint density at radius 2 is 1.90 bits per heavy atom. The van der Waals surface area contributed by atoms with E-state index in [1.165, 1.54) is 23.2 Å². The standard InChI is InChI=1S/C20H18F3N3O3/c1-4-19(2,3)26(14-7-8-25-15(11-14)18(24)29)17(28)9-12-5-6-13(10-16(12)27)20(21,22)23/h1,5-8,10-11,27H,9H2,2-3H3,(H2,24,29). The van der Waals surface area contributed by atoms with E-state index >= 15 is 0 Å². The molecule has 1 aromatic carbocycles. The van der Waals surface area contributed by atoms with Gasteiger partial charge in [-0.2, -0.15) is 13.2 Å².